The highest BCUT2D eigenvalue weighted by Crippen LogP contribution is 2.42. The summed E-state index contributed by atoms with van der Waals surface area (Å²) in [5.74, 6) is 5.62. The Labute approximate surface area is 202 Å². The zero-order chi connectivity index (χ0) is 24.3. The van der Waals surface area contributed by atoms with E-state index in [1.54, 1.807) is 31.2 Å². The number of carbonyl (C=O) groups is 1. The molecule has 3 heteroatoms. The molecule has 1 atom stereocenters. The number of benzene rings is 3. The number of carbonyl (C=O) groups excluding carboxylic acids is 1. The first-order valence-corrected chi connectivity index (χ1v) is 11.7. The Morgan fingerprint density at radius 3 is 2.44 bits per heavy atom. The quantitative estimate of drug-likeness (QED) is 0.371. The van der Waals surface area contributed by atoms with Crippen molar-refractivity contribution in [2.24, 2.45) is 0 Å². The van der Waals surface area contributed by atoms with Crippen molar-refractivity contribution in [2.75, 3.05) is 6.61 Å². The Balaban J connectivity index is 1.59. The Morgan fingerprint density at radius 2 is 1.76 bits per heavy atom. The number of allylic oxidation sites excluding steroid dienone is 1. The molecule has 1 aliphatic rings. The van der Waals surface area contributed by atoms with E-state index in [1.807, 2.05) is 6.07 Å². The van der Waals surface area contributed by atoms with Crippen LogP contribution in [0.2, 0.25) is 0 Å². The van der Waals surface area contributed by atoms with Crippen molar-refractivity contribution in [3.8, 4) is 11.8 Å². The molecule has 3 nitrogen and oxygen atoms in total. The molecule has 172 valence electrons. The lowest BCUT2D eigenvalue weighted by molar-refractivity contribution is 0.0526. The molecule has 0 bridgehead atoms. The van der Waals surface area contributed by atoms with Crippen molar-refractivity contribution >= 4 is 11.5 Å². The molecule has 1 N–H and O–H groups in total. The summed E-state index contributed by atoms with van der Waals surface area (Å²) >= 11 is 0. The van der Waals surface area contributed by atoms with E-state index in [0.717, 1.165) is 17.5 Å². The maximum absolute atomic E-state index is 11.8. The van der Waals surface area contributed by atoms with Crippen molar-refractivity contribution in [3.63, 3.8) is 0 Å². The van der Waals surface area contributed by atoms with E-state index >= 15 is 0 Å². The van der Waals surface area contributed by atoms with E-state index in [4.69, 9.17) is 4.74 Å². The van der Waals surface area contributed by atoms with Crippen LogP contribution in [0.4, 0.5) is 0 Å². The molecular formula is C31H30O3. The summed E-state index contributed by atoms with van der Waals surface area (Å²) < 4.78 is 5.01. The number of hydrogen-bond acceptors (Lipinski definition) is 3. The van der Waals surface area contributed by atoms with Gasteiger partial charge < -0.3 is 9.84 Å². The van der Waals surface area contributed by atoms with Gasteiger partial charge in [-0.1, -0.05) is 79.8 Å². The Morgan fingerprint density at radius 1 is 1.06 bits per heavy atom. The van der Waals surface area contributed by atoms with Crippen LogP contribution < -0.4 is 0 Å². The minimum absolute atomic E-state index is 0.0321. The minimum atomic E-state index is -0.903. The Bertz CT molecular complexity index is 1280. The summed E-state index contributed by atoms with van der Waals surface area (Å²) in [6.45, 7) is 8.69. The van der Waals surface area contributed by atoms with E-state index in [9.17, 15) is 9.90 Å². The Hall–Kier alpha value is -3.61. The van der Waals surface area contributed by atoms with Gasteiger partial charge >= 0.3 is 5.97 Å². The van der Waals surface area contributed by atoms with Gasteiger partial charge in [-0.15, -0.1) is 0 Å². The molecule has 0 aliphatic heterocycles. The molecule has 1 aliphatic carbocycles. The molecule has 34 heavy (non-hydrogen) atoms. The second-order valence-corrected chi connectivity index (χ2v) is 9.35. The molecule has 4 rings (SSSR count). The number of aliphatic hydroxyl groups excluding tert-OH is 1. The average molecular weight is 451 g/mol. The lowest BCUT2D eigenvalue weighted by atomic mass is 9.71. The van der Waals surface area contributed by atoms with Crippen LogP contribution in [0.15, 0.2) is 72.8 Å². The summed E-state index contributed by atoms with van der Waals surface area (Å²) in [5, 5.41) is 10.8. The first-order chi connectivity index (χ1) is 16.3. The second-order valence-electron chi connectivity index (χ2n) is 9.35. The fraction of sp³-hybridized carbons (Fsp3) is 0.258. The van der Waals surface area contributed by atoms with Crippen LogP contribution in [0.5, 0.6) is 0 Å². The summed E-state index contributed by atoms with van der Waals surface area (Å²) in [4.78, 5) is 11.8. The van der Waals surface area contributed by atoms with Gasteiger partial charge in [0.2, 0.25) is 0 Å². The van der Waals surface area contributed by atoms with Gasteiger partial charge in [-0.3, -0.25) is 0 Å². The van der Waals surface area contributed by atoms with Crippen LogP contribution in [0.25, 0.3) is 5.57 Å². The van der Waals surface area contributed by atoms with Gasteiger partial charge in [-0.05, 0) is 77.8 Å². The fourth-order valence-electron chi connectivity index (χ4n) is 4.25. The number of rotatable bonds is 4. The molecule has 3 aromatic carbocycles. The molecule has 0 amide bonds. The number of esters is 1. The summed E-state index contributed by atoms with van der Waals surface area (Å²) in [7, 11) is 0. The zero-order valence-corrected chi connectivity index (χ0v) is 20.2. The average Bonchev–Trinajstić information content (AvgIpc) is 2.84. The third kappa shape index (κ3) is 4.98. The molecule has 0 aromatic heterocycles. The number of aliphatic hydroxyl groups is 1. The summed E-state index contributed by atoms with van der Waals surface area (Å²) in [6, 6.07) is 21.7. The number of ether oxygens (including phenoxy) is 1. The van der Waals surface area contributed by atoms with Gasteiger partial charge in [0.05, 0.1) is 12.2 Å². The maximum atomic E-state index is 11.8. The molecule has 0 radical (unpaired) electrons. The first kappa shape index (κ1) is 23.5. The fourth-order valence-corrected chi connectivity index (χ4v) is 4.25. The lowest BCUT2D eigenvalue weighted by Gasteiger charge is -2.33. The standard InChI is InChI=1S/C31H30O3/c1-5-34-30(33)24-13-8-22(9-14-24)10-17-29(32)25-15-16-27-26(23-11-6-21(2)7-12-23)18-19-31(3,4)28(27)20-25/h6-9,11-16,18,20,29,32H,5,19H2,1-4H3. The summed E-state index contributed by atoms with van der Waals surface area (Å²) in [6.07, 6.45) is 2.35. The van der Waals surface area contributed by atoms with Gasteiger partial charge in [0, 0.05) is 5.56 Å². The molecular weight excluding hydrogens is 420 g/mol. The highest BCUT2D eigenvalue weighted by atomic mass is 16.5. The van der Waals surface area contributed by atoms with Crippen LogP contribution >= 0.6 is 0 Å². The van der Waals surface area contributed by atoms with E-state index in [-0.39, 0.29) is 11.4 Å². The SMILES string of the molecule is CCOC(=O)c1ccc(C#CC(O)c2ccc3c(c2)C(C)(C)CC=C3c2ccc(C)cc2)cc1. The molecule has 1 unspecified atom stereocenters. The van der Waals surface area contributed by atoms with Gasteiger partial charge in [-0.25, -0.2) is 4.79 Å². The molecule has 0 heterocycles. The number of hydrogen-bond donors (Lipinski definition) is 1. The lowest BCUT2D eigenvalue weighted by Crippen LogP contribution is -2.22. The predicted molar refractivity (Wildman–Crippen MR) is 137 cm³/mol. The van der Waals surface area contributed by atoms with Crippen molar-refractivity contribution in [2.45, 2.75) is 45.6 Å². The van der Waals surface area contributed by atoms with Crippen molar-refractivity contribution in [1.82, 2.24) is 0 Å². The molecule has 0 saturated heterocycles. The monoisotopic (exact) mass is 450 g/mol. The van der Waals surface area contributed by atoms with Crippen LogP contribution in [0.1, 0.15) is 77.0 Å². The van der Waals surface area contributed by atoms with Crippen LogP contribution in [-0.4, -0.2) is 17.7 Å². The molecule has 0 spiro atoms. The third-order valence-electron chi connectivity index (χ3n) is 6.31. The van der Waals surface area contributed by atoms with Crippen molar-refractivity contribution in [1.29, 1.82) is 0 Å². The number of fused-ring (bicyclic) bond motifs is 1. The maximum Gasteiger partial charge on any atom is 0.338 e. The smallest absolute Gasteiger partial charge is 0.338 e. The van der Waals surface area contributed by atoms with E-state index < -0.39 is 6.10 Å². The highest BCUT2D eigenvalue weighted by Gasteiger charge is 2.29. The van der Waals surface area contributed by atoms with E-state index in [1.165, 1.54) is 27.8 Å². The zero-order valence-electron chi connectivity index (χ0n) is 20.2. The van der Waals surface area contributed by atoms with Crippen molar-refractivity contribution in [3.05, 3.63) is 112 Å². The van der Waals surface area contributed by atoms with E-state index in [0.29, 0.717) is 12.2 Å². The first-order valence-electron chi connectivity index (χ1n) is 11.7. The van der Waals surface area contributed by atoms with Crippen LogP contribution in [0.3, 0.4) is 0 Å². The van der Waals surface area contributed by atoms with Gasteiger partial charge in [-0.2, -0.15) is 0 Å². The van der Waals surface area contributed by atoms with Crippen LogP contribution in [-0.2, 0) is 10.2 Å². The predicted octanol–water partition coefficient (Wildman–Crippen LogP) is 6.37. The van der Waals surface area contributed by atoms with Crippen LogP contribution in [0, 0.1) is 18.8 Å². The third-order valence-corrected chi connectivity index (χ3v) is 6.31. The Kier molecular flexibility index (Phi) is 6.72. The highest BCUT2D eigenvalue weighted by molar-refractivity contribution is 5.89. The molecule has 0 fully saturated rings. The van der Waals surface area contributed by atoms with Gasteiger partial charge in [0.15, 0.2) is 0 Å². The number of aryl methyl sites for hydroxylation is 1. The van der Waals surface area contributed by atoms with Gasteiger partial charge in [0.25, 0.3) is 0 Å². The van der Waals surface area contributed by atoms with Gasteiger partial charge in [0.1, 0.15) is 6.10 Å². The van der Waals surface area contributed by atoms with E-state index in [2.05, 4.69) is 75.1 Å². The normalized spacial score (nSPS) is 14.8. The van der Waals surface area contributed by atoms with Crippen molar-refractivity contribution < 1.29 is 14.6 Å². The minimum Gasteiger partial charge on any atom is -0.462 e. The second kappa shape index (κ2) is 9.71. The topological polar surface area (TPSA) is 46.5 Å². The molecule has 0 saturated carbocycles. The summed E-state index contributed by atoms with van der Waals surface area (Å²) in [5.41, 5.74) is 8.10. The molecule has 3 aromatic rings. The largest absolute Gasteiger partial charge is 0.462 e.